The van der Waals surface area contributed by atoms with Crippen LogP contribution in [-0.4, -0.2) is 20.0 Å². The Morgan fingerprint density at radius 2 is 2.00 bits per heavy atom. The summed E-state index contributed by atoms with van der Waals surface area (Å²) in [4.78, 5) is 11.4. The molecule has 82 valence electrons. The number of carbonyl (C=O) groups excluding carboxylic acids is 1. The van der Waals surface area contributed by atoms with E-state index in [-0.39, 0.29) is 5.78 Å². The molecule has 1 rings (SSSR count). The lowest BCUT2D eigenvalue weighted by atomic mass is 10.1. The van der Waals surface area contributed by atoms with E-state index < -0.39 is 0 Å². The van der Waals surface area contributed by atoms with E-state index >= 15 is 0 Å². The highest BCUT2D eigenvalue weighted by Gasteiger charge is 2.11. The minimum Gasteiger partial charge on any atom is -0.493 e. The Labute approximate surface area is 90.0 Å². The van der Waals surface area contributed by atoms with Crippen LogP contribution in [0, 0.1) is 0 Å². The maximum atomic E-state index is 11.4. The molecule has 3 heteroatoms. The fourth-order valence-electron chi connectivity index (χ4n) is 1.43. The standard InChI is InChI=1S/C12H16O3/c1-4-10(13)8-9-6-5-7-11(14-2)12(9)15-3/h5-7H,4,8H2,1-3H3. The van der Waals surface area contributed by atoms with Crippen LogP contribution in [0.25, 0.3) is 0 Å². The second-order valence-corrected chi connectivity index (χ2v) is 3.22. The van der Waals surface area contributed by atoms with Gasteiger partial charge < -0.3 is 9.47 Å². The van der Waals surface area contributed by atoms with Crippen molar-refractivity contribution in [1.82, 2.24) is 0 Å². The molecule has 1 aromatic carbocycles. The molecule has 0 radical (unpaired) electrons. The summed E-state index contributed by atoms with van der Waals surface area (Å²) >= 11 is 0. The fraction of sp³-hybridized carbons (Fsp3) is 0.417. The number of carbonyl (C=O) groups is 1. The first-order valence-corrected chi connectivity index (χ1v) is 4.94. The first-order valence-electron chi connectivity index (χ1n) is 4.94. The molecule has 0 unspecified atom stereocenters. The first-order chi connectivity index (χ1) is 7.22. The summed E-state index contributed by atoms with van der Waals surface area (Å²) in [6, 6.07) is 5.56. The van der Waals surface area contributed by atoms with E-state index in [4.69, 9.17) is 9.47 Å². The van der Waals surface area contributed by atoms with Gasteiger partial charge in [-0.25, -0.2) is 0 Å². The lowest BCUT2D eigenvalue weighted by Crippen LogP contribution is -2.03. The van der Waals surface area contributed by atoms with Gasteiger partial charge in [0.1, 0.15) is 5.78 Å². The van der Waals surface area contributed by atoms with Crippen LogP contribution in [0.3, 0.4) is 0 Å². The minimum atomic E-state index is 0.196. The minimum absolute atomic E-state index is 0.196. The number of para-hydroxylation sites is 1. The Morgan fingerprint density at radius 1 is 1.27 bits per heavy atom. The molecule has 0 saturated carbocycles. The van der Waals surface area contributed by atoms with Crippen LogP contribution >= 0.6 is 0 Å². The van der Waals surface area contributed by atoms with Gasteiger partial charge >= 0.3 is 0 Å². The molecule has 0 N–H and O–H groups in total. The molecular weight excluding hydrogens is 192 g/mol. The zero-order valence-electron chi connectivity index (χ0n) is 9.37. The van der Waals surface area contributed by atoms with E-state index in [0.717, 1.165) is 5.56 Å². The largest absolute Gasteiger partial charge is 0.493 e. The SMILES string of the molecule is CCC(=O)Cc1cccc(OC)c1OC. The second kappa shape index (κ2) is 5.39. The van der Waals surface area contributed by atoms with E-state index in [9.17, 15) is 4.79 Å². The molecule has 0 aliphatic rings. The van der Waals surface area contributed by atoms with Gasteiger partial charge in [0.2, 0.25) is 0 Å². The highest BCUT2D eigenvalue weighted by atomic mass is 16.5. The van der Waals surface area contributed by atoms with Gasteiger partial charge in [-0.15, -0.1) is 0 Å². The lowest BCUT2D eigenvalue weighted by Gasteiger charge is -2.11. The highest BCUT2D eigenvalue weighted by Crippen LogP contribution is 2.31. The van der Waals surface area contributed by atoms with Crippen molar-refractivity contribution in [3.63, 3.8) is 0 Å². The zero-order chi connectivity index (χ0) is 11.3. The number of hydrogen-bond acceptors (Lipinski definition) is 3. The first kappa shape index (κ1) is 11.6. The number of Topliss-reactive ketones (excluding diaryl/α,β-unsaturated/α-hetero) is 1. The molecule has 3 nitrogen and oxygen atoms in total. The Hall–Kier alpha value is -1.51. The maximum absolute atomic E-state index is 11.4. The Kier molecular flexibility index (Phi) is 4.16. The van der Waals surface area contributed by atoms with Gasteiger partial charge in [0.25, 0.3) is 0 Å². The number of rotatable bonds is 5. The average Bonchev–Trinajstić information content (AvgIpc) is 2.28. The third-order valence-electron chi connectivity index (χ3n) is 2.27. The van der Waals surface area contributed by atoms with Crippen LogP contribution in [0.15, 0.2) is 18.2 Å². The molecule has 0 atom stereocenters. The molecule has 15 heavy (non-hydrogen) atoms. The van der Waals surface area contributed by atoms with Gasteiger partial charge in [-0.2, -0.15) is 0 Å². The van der Waals surface area contributed by atoms with Crippen LogP contribution in [-0.2, 0) is 11.2 Å². The quantitative estimate of drug-likeness (QED) is 0.744. The molecule has 0 aromatic heterocycles. The van der Waals surface area contributed by atoms with Crippen LogP contribution in [0.1, 0.15) is 18.9 Å². The highest BCUT2D eigenvalue weighted by molar-refractivity contribution is 5.81. The van der Waals surface area contributed by atoms with Gasteiger partial charge in [0, 0.05) is 18.4 Å². The zero-order valence-corrected chi connectivity index (χ0v) is 9.37. The van der Waals surface area contributed by atoms with E-state index in [0.29, 0.717) is 24.3 Å². The summed E-state index contributed by atoms with van der Waals surface area (Å²) in [6.45, 7) is 1.86. The molecule has 0 bridgehead atoms. The van der Waals surface area contributed by atoms with Gasteiger partial charge in [-0.3, -0.25) is 4.79 Å². The lowest BCUT2D eigenvalue weighted by molar-refractivity contribution is -0.118. The molecule has 0 aliphatic carbocycles. The van der Waals surface area contributed by atoms with Crippen molar-refractivity contribution < 1.29 is 14.3 Å². The number of ether oxygens (including phenoxy) is 2. The Bertz CT molecular complexity index is 345. The molecule has 0 aliphatic heterocycles. The maximum Gasteiger partial charge on any atom is 0.164 e. The summed E-state index contributed by atoms with van der Waals surface area (Å²) in [5, 5.41) is 0. The van der Waals surface area contributed by atoms with E-state index in [1.165, 1.54) is 0 Å². The number of hydrogen-bond donors (Lipinski definition) is 0. The Balaban J connectivity index is 3.00. The van der Waals surface area contributed by atoms with Crippen molar-refractivity contribution in [2.75, 3.05) is 14.2 Å². The van der Waals surface area contributed by atoms with Crippen molar-refractivity contribution in [2.45, 2.75) is 19.8 Å². The predicted octanol–water partition coefficient (Wildman–Crippen LogP) is 2.23. The van der Waals surface area contributed by atoms with E-state index in [1.807, 2.05) is 25.1 Å². The second-order valence-electron chi connectivity index (χ2n) is 3.22. The van der Waals surface area contributed by atoms with Gasteiger partial charge in [0.05, 0.1) is 14.2 Å². The average molecular weight is 208 g/mol. The monoisotopic (exact) mass is 208 g/mol. The topological polar surface area (TPSA) is 35.5 Å². The Morgan fingerprint density at radius 3 is 2.53 bits per heavy atom. The third-order valence-corrected chi connectivity index (χ3v) is 2.27. The summed E-state index contributed by atoms with van der Waals surface area (Å²) in [6.07, 6.45) is 0.942. The van der Waals surface area contributed by atoms with Crippen LogP contribution in [0.5, 0.6) is 11.5 Å². The number of methoxy groups -OCH3 is 2. The normalized spacial score (nSPS) is 9.80. The van der Waals surface area contributed by atoms with Crippen molar-refractivity contribution >= 4 is 5.78 Å². The fourth-order valence-corrected chi connectivity index (χ4v) is 1.43. The van der Waals surface area contributed by atoms with Crippen molar-refractivity contribution in [1.29, 1.82) is 0 Å². The smallest absolute Gasteiger partial charge is 0.164 e. The molecular formula is C12H16O3. The van der Waals surface area contributed by atoms with Crippen LogP contribution in [0.4, 0.5) is 0 Å². The molecule has 0 fully saturated rings. The number of ketones is 1. The van der Waals surface area contributed by atoms with Crippen LogP contribution < -0.4 is 9.47 Å². The molecule has 0 heterocycles. The van der Waals surface area contributed by atoms with Crippen molar-refractivity contribution in [3.8, 4) is 11.5 Å². The molecule has 1 aromatic rings. The van der Waals surface area contributed by atoms with Gasteiger partial charge in [-0.1, -0.05) is 19.1 Å². The van der Waals surface area contributed by atoms with Crippen LogP contribution in [0.2, 0.25) is 0 Å². The molecule has 0 saturated heterocycles. The molecule has 0 amide bonds. The van der Waals surface area contributed by atoms with Crippen molar-refractivity contribution in [3.05, 3.63) is 23.8 Å². The summed E-state index contributed by atoms with van der Waals surface area (Å²) in [7, 11) is 3.17. The number of benzene rings is 1. The van der Waals surface area contributed by atoms with E-state index in [1.54, 1.807) is 14.2 Å². The van der Waals surface area contributed by atoms with Crippen molar-refractivity contribution in [2.24, 2.45) is 0 Å². The molecule has 0 spiro atoms. The predicted molar refractivity (Wildman–Crippen MR) is 58.5 cm³/mol. The summed E-state index contributed by atoms with van der Waals surface area (Å²) in [5.74, 6) is 1.52. The van der Waals surface area contributed by atoms with Gasteiger partial charge in [-0.05, 0) is 6.07 Å². The van der Waals surface area contributed by atoms with E-state index in [2.05, 4.69) is 0 Å². The summed E-state index contributed by atoms with van der Waals surface area (Å²) < 4.78 is 10.4. The van der Waals surface area contributed by atoms with Gasteiger partial charge in [0.15, 0.2) is 11.5 Å². The third kappa shape index (κ3) is 2.72. The summed E-state index contributed by atoms with van der Waals surface area (Å²) in [5.41, 5.74) is 0.878.